The highest BCUT2D eigenvalue weighted by molar-refractivity contribution is 8.02. The van der Waals surface area contributed by atoms with E-state index in [-0.39, 0.29) is 17.7 Å². The topological polar surface area (TPSA) is 42.0 Å². The Kier molecular flexibility index (Phi) is 5.22. The number of hydrogen-bond donors (Lipinski definition) is 1. The lowest BCUT2D eigenvalue weighted by Gasteiger charge is -2.07. The molecule has 0 spiro atoms. The van der Waals surface area contributed by atoms with Crippen molar-refractivity contribution in [2.45, 2.75) is 16.5 Å². The van der Waals surface area contributed by atoms with Gasteiger partial charge in [0.2, 0.25) is 5.91 Å². The van der Waals surface area contributed by atoms with Gasteiger partial charge in [-0.25, -0.2) is 4.98 Å². The summed E-state index contributed by atoms with van der Waals surface area (Å²) in [5.41, 5.74) is 2.02. The fourth-order valence-electron chi connectivity index (χ4n) is 1.54. The number of nitrogens with one attached hydrogen (secondary N) is 1. The van der Waals surface area contributed by atoms with Crippen molar-refractivity contribution >= 4 is 29.0 Å². The zero-order chi connectivity index (χ0) is 14.4. The second-order valence-corrected chi connectivity index (χ2v) is 6.49. The Balaban J connectivity index is 2.00. The largest absolute Gasteiger partial charge is 0.344 e. The van der Waals surface area contributed by atoms with Gasteiger partial charge < -0.3 is 5.32 Å². The van der Waals surface area contributed by atoms with Crippen molar-refractivity contribution in [3.05, 3.63) is 35.7 Å². The van der Waals surface area contributed by atoms with E-state index in [0.717, 1.165) is 15.6 Å². The molecule has 2 rings (SSSR count). The summed E-state index contributed by atoms with van der Waals surface area (Å²) in [5.74, 6) is 2.32. The molecule has 2 aromatic rings. The SMILES string of the molecule is C#CCNC(=O)C(C)Sc1nc(-c2ccccc2)cs1. The number of rotatable bonds is 5. The molecule has 5 heteroatoms. The zero-order valence-corrected chi connectivity index (χ0v) is 12.6. The number of hydrogen-bond acceptors (Lipinski definition) is 4. The fourth-order valence-corrected chi connectivity index (χ4v) is 3.54. The molecule has 0 bridgehead atoms. The van der Waals surface area contributed by atoms with Crippen molar-refractivity contribution in [2.75, 3.05) is 6.54 Å². The van der Waals surface area contributed by atoms with E-state index < -0.39 is 0 Å². The fraction of sp³-hybridized carbons (Fsp3) is 0.200. The van der Waals surface area contributed by atoms with Crippen LogP contribution in [-0.2, 0) is 4.79 Å². The molecule has 102 valence electrons. The third-order valence-electron chi connectivity index (χ3n) is 2.56. The molecule has 0 aliphatic rings. The Morgan fingerprint density at radius 2 is 2.25 bits per heavy atom. The summed E-state index contributed by atoms with van der Waals surface area (Å²) in [6, 6.07) is 9.98. The summed E-state index contributed by atoms with van der Waals surface area (Å²) in [6.45, 7) is 2.11. The van der Waals surface area contributed by atoms with E-state index in [2.05, 4.69) is 16.2 Å². The minimum atomic E-state index is -0.210. The van der Waals surface area contributed by atoms with Crippen LogP contribution in [0.5, 0.6) is 0 Å². The Morgan fingerprint density at radius 3 is 2.95 bits per heavy atom. The second-order valence-electron chi connectivity index (χ2n) is 4.05. The molecule has 0 fully saturated rings. The Bertz CT molecular complexity index is 616. The molecule has 1 heterocycles. The van der Waals surface area contributed by atoms with E-state index in [1.54, 1.807) is 11.3 Å². The molecular weight excluding hydrogens is 288 g/mol. The molecular formula is C15H14N2OS2. The van der Waals surface area contributed by atoms with Crippen molar-refractivity contribution in [1.82, 2.24) is 10.3 Å². The van der Waals surface area contributed by atoms with Crippen LogP contribution in [0.2, 0.25) is 0 Å². The smallest absolute Gasteiger partial charge is 0.234 e. The first-order valence-electron chi connectivity index (χ1n) is 6.09. The van der Waals surface area contributed by atoms with E-state index >= 15 is 0 Å². The summed E-state index contributed by atoms with van der Waals surface area (Å²) >= 11 is 2.99. The molecule has 0 aliphatic heterocycles. The van der Waals surface area contributed by atoms with Gasteiger partial charge in [-0.15, -0.1) is 17.8 Å². The lowest BCUT2D eigenvalue weighted by molar-refractivity contribution is -0.120. The van der Waals surface area contributed by atoms with E-state index in [0.29, 0.717) is 0 Å². The maximum Gasteiger partial charge on any atom is 0.234 e. The summed E-state index contributed by atoms with van der Waals surface area (Å²) in [6.07, 6.45) is 5.12. The molecule has 1 atom stereocenters. The predicted molar refractivity (Wildman–Crippen MR) is 84.7 cm³/mol. The van der Waals surface area contributed by atoms with Gasteiger partial charge >= 0.3 is 0 Å². The second kappa shape index (κ2) is 7.13. The van der Waals surface area contributed by atoms with Crippen LogP contribution in [0, 0.1) is 12.3 Å². The van der Waals surface area contributed by atoms with Crippen molar-refractivity contribution in [2.24, 2.45) is 0 Å². The summed E-state index contributed by atoms with van der Waals surface area (Å²) in [5, 5.41) is 4.47. The van der Waals surface area contributed by atoms with Crippen LogP contribution >= 0.6 is 23.1 Å². The number of carbonyl (C=O) groups is 1. The van der Waals surface area contributed by atoms with Crippen LogP contribution in [0.1, 0.15) is 6.92 Å². The number of thiazole rings is 1. The summed E-state index contributed by atoms with van der Waals surface area (Å²) in [7, 11) is 0. The van der Waals surface area contributed by atoms with E-state index in [4.69, 9.17) is 6.42 Å². The molecule has 1 N–H and O–H groups in total. The average molecular weight is 302 g/mol. The minimum Gasteiger partial charge on any atom is -0.344 e. The van der Waals surface area contributed by atoms with Crippen molar-refractivity contribution in [1.29, 1.82) is 0 Å². The molecule has 20 heavy (non-hydrogen) atoms. The van der Waals surface area contributed by atoms with Gasteiger partial charge in [0.15, 0.2) is 4.34 Å². The zero-order valence-electron chi connectivity index (χ0n) is 11.0. The lowest BCUT2D eigenvalue weighted by atomic mass is 10.2. The molecule has 0 aliphatic carbocycles. The number of thioether (sulfide) groups is 1. The molecule has 1 aromatic heterocycles. The number of terminal acetylenes is 1. The van der Waals surface area contributed by atoms with Crippen molar-refractivity contribution in [3.8, 4) is 23.6 Å². The van der Waals surface area contributed by atoms with Crippen LogP contribution in [0.25, 0.3) is 11.3 Å². The molecule has 1 unspecified atom stereocenters. The highest BCUT2D eigenvalue weighted by atomic mass is 32.2. The number of carbonyl (C=O) groups excluding carboxylic acids is 1. The van der Waals surface area contributed by atoms with E-state index in [9.17, 15) is 4.79 Å². The van der Waals surface area contributed by atoms with E-state index in [1.165, 1.54) is 11.8 Å². The number of benzene rings is 1. The highest BCUT2D eigenvalue weighted by Crippen LogP contribution is 2.30. The maximum absolute atomic E-state index is 11.7. The van der Waals surface area contributed by atoms with Gasteiger partial charge in [-0.2, -0.15) is 0 Å². The summed E-state index contributed by atoms with van der Waals surface area (Å²) in [4.78, 5) is 16.3. The molecule has 0 saturated carbocycles. The normalized spacial score (nSPS) is 11.6. The summed E-state index contributed by atoms with van der Waals surface area (Å²) < 4.78 is 0.882. The first-order chi connectivity index (χ1) is 9.70. The highest BCUT2D eigenvalue weighted by Gasteiger charge is 2.15. The quantitative estimate of drug-likeness (QED) is 0.682. The molecule has 0 radical (unpaired) electrons. The Morgan fingerprint density at radius 1 is 1.50 bits per heavy atom. The van der Waals surface area contributed by atoms with Gasteiger partial charge in [0.05, 0.1) is 17.5 Å². The van der Waals surface area contributed by atoms with Crippen LogP contribution < -0.4 is 5.32 Å². The van der Waals surface area contributed by atoms with Crippen LogP contribution in [0.4, 0.5) is 0 Å². The van der Waals surface area contributed by atoms with Crippen molar-refractivity contribution in [3.63, 3.8) is 0 Å². The lowest BCUT2D eigenvalue weighted by Crippen LogP contribution is -2.30. The van der Waals surface area contributed by atoms with Crippen LogP contribution in [-0.4, -0.2) is 22.7 Å². The van der Waals surface area contributed by atoms with Crippen molar-refractivity contribution < 1.29 is 4.79 Å². The van der Waals surface area contributed by atoms with Gasteiger partial charge in [0.1, 0.15) is 0 Å². The third-order valence-corrected chi connectivity index (χ3v) is 4.64. The number of nitrogens with zero attached hydrogens (tertiary/aromatic N) is 1. The molecule has 1 amide bonds. The Hall–Kier alpha value is -1.77. The monoisotopic (exact) mass is 302 g/mol. The van der Waals surface area contributed by atoms with Gasteiger partial charge in [0, 0.05) is 10.9 Å². The molecule has 3 nitrogen and oxygen atoms in total. The van der Waals surface area contributed by atoms with Gasteiger partial charge in [-0.1, -0.05) is 48.0 Å². The first-order valence-corrected chi connectivity index (χ1v) is 7.85. The predicted octanol–water partition coefficient (Wildman–Crippen LogP) is 3.04. The third kappa shape index (κ3) is 3.86. The first kappa shape index (κ1) is 14.6. The number of aromatic nitrogens is 1. The average Bonchev–Trinajstić information content (AvgIpc) is 2.94. The van der Waals surface area contributed by atoms with Gasteiger partial charge in [-0.05, 0) is 6.92 Å². The van der Waals surface area contributed by atoms with Crippen LogP contribution in [0.3, 0.4) is 0 Å². The Labute approximate surface area is 126 Å². The maximum atomic E-state index is 11.7. The van der Waals surface area contributed by atoms with E-state index in [1.807, 2.05) is 42.6 Å². The standard InChI is InChI=1S/C15H14N2OS2/c1-3-9-16-14(18)11(2)20-15-17-13(10-19-15)12-7-5-4-6-8-12/h1,4-8,10-11H,9H2,2H3,(H,16,18). The van der Waals surface area contributed by atoms with Gasteiger partial charge in [-0.3, -0.25) is 4.79 Å². The molecule has 0 saturated heterocycles. The molecule has 1 aromatic carbocycles. The minimum absolute atomic E-state index is 0.0654. The van der Waals surface area contributed by atoms with Gasteiger partial charge in [0.25, 0.3) is 0 Å². The van der Waals surface area contributed by atoms with Crippen LogP contribution in [0.15, 0.2) is 40.1 Å². The number of amides is 1.